The molecule has 10 heteroatoms. The highest BCUT2D eigenvalue weighted by molar-refractivity contribution is 9.10. The summed E-state index contributed by atoms with van der Waals surface area (Å²) in [6.45, 7) is 1.61. The van der Waals surface area contributed by atoms with Crippen LogP contribution in [0.4, 0.5) is 4.39 Å². The molecule has 0 aromatic heterocycles. The van der Waals surface area contributed by atoms with E-state index in [-0.39, 0.29) is 15.1 Å². The maximum Gasteiger partial charge on any atom is 0.254 e. The molecule has 1 aromatic rings. The van der Waals surface area contributed by atoms with Crippen molar-refractivity contribution in [3.8, 4) is 0 Å². The van der Waals surface area contributed by atoms with Crippen molar-refractivity contribution in [3.05, 3.63) is 28.0 Å². The van der Waals surface area contributed by atoms with Gasteiger partial charge in [-0.3, -0.25) is 9.00 Å². The standard InChI is InChI=1S/C11H14BrFN2O4S2/c1-6(5-20(2)17)15-11(16)7-3-10(21(14,18)19)8(12)4-9(7)13/h3-4,6H,5H2,1-2H3,(H,15,16)(H2,14,18,19). The van der Waals surface area contributed by atoms with Gasteiger partial charge < -0.3 is 5.32 Å². The van der Waals surface area contributed by atoms with Crippen molar-refractivity contribution in [3.63, 3.8) is 0 Å². The minimum atomic E-state index is -4.10. The summed E-state index contributed by atoms with van der Waals surface area (Å²) >= 11 is 2.88. The van der Waals surface area contributed by atoms with E-state index in [0.717, 1.165) is 12.1 Å². The van der Waals surface area contributed by atoms with Crippen molar-refractivity contribution in [2.75, 3.05) is 12.0 Å². The molecule has 0 aliphatic rings. The summed E-state index contributed by atoms with van der Waals surface area (Å²) in [5, 5.41) is 7.44. The molecule has 118 valence electrons. The van der Waals surface area contributed by atoms with E-state index in [2.05, 4.69) is 21.2 Å². The molecule has 0 saturated carbocycles. The fraction of sp³-hybridized carbons (Fsp3) is 0.364. The second-order valence-electron chi connectivity index (χ2n) is 4.42. The fourth-order valence-corrected chi connectivity index (χ4v) is 4.01. The Morgan fingerprint density at radius 3 is 2.57 bits per heavy atom. The van der Waals surface area contributed by atoms with Gasteiger partial charge in [-0.05, 0) is 35.0 Å². The molecule has 0 bridgehead atoms. The third-order valence-corrected chi connectivity index (χ3v) is 5.27. The van der Waals surface area contributed by atoms with E-state index < -0.39 is 44.2 Å². The predicted octanol–water partition coefficient (Wildman–Crippen LogP) is 0.732. The van der Waals surface area contributed by atoms with Crippen LogP contribution in [0.15, 0.2) is 21.5 Å². The third kappa shape index (κ3) is 5.13. The highest BCUT2D eigenvalue weighted by Crippen LogP contribution is 2.24. The van der Waals surface area contributed by atoms with E-state index in [4.69, 9.17) is 5.14 Å². The molecule has 0 aliphatic heterocycles. The van der Waals surface area contributed by atoms with E-state index in [1.807, 2.05) is 0 Å². The summed E-state index contributed by atoms with van der Waals surface area (Å²) in [5.41, 5.74) is -0.448. The van der Waals surface area contributed by atoms with Crippen LogP contribution in [0, 0.1) is 5.82 Å². The summed E-state index contributed by atoms with van der Waals surface area (Å²) in [7, 11) is -5.22. The van der Waals surface area contributed by atoms with Gasteiger partial charge in [0.25, 0.3) is 5.91 Å². The molecule has 3 N–H and O–H groups in total. The molecule has 6 nitrogen and oxygen atoms in total. The molecule has 2 atom stereocenters. The van der Waals surface area contributed by atoms with E-state index in [1.54, 1.807) is 6.92 Å². The number of sulfonamides is 1. The molecule has 0 fully saturated rings. The largest absolute Gasteiger partial charge is 0.349 e. The molecule has 1 amide bonds. The lowest BCUT2D eigenvalue weighted by Gasteiger charge is -2.13. The van der Waals surface area contributed by atoms with Crippen molar-refractivity contribution in [1.29, 1.82) is 0 Å². The number of hydrogen-bond acceptors (Lipinski definition) is 4. The molecular formula is C11H14BrFN2O4S2. The quantitative estimate of drug-likeness (QED) is 0.759. The summed E-state index contributed by atoms with van der Waals surface area (Å²) in [6.07, 6.45) is 1.47. The number of primary sulfonamides is 1. The number of nitrogens with two attached hydrogens (primary N) is 1. The van der Waals surface area contributed by atoms with Crippen molar-refractivity contribution in [1.82, 2.24) is 5.32 Å². The van der Waals surface area contributed by atoms with Crippen molar-refractivity contribution >= 4 is 42.7 Å². The van der Waals surface area contributed by atoms with Gasteiger partial charge >= 0.3 is 0 Å². The molecule has 0 saturated heterocycles. The normalized spacial score (nSPS) is 14.5. The Labute approximate surface area is 132 Å². The molecule has 0 heterocycles. The van der Waals surface area contributed by atoms with Crippen LogP contribution < -0.4 is 10.5 Å². The zero-order valence-corrected chi connectivity index (χ0v) is 14.4. The third-order valence-electron chi connectivity index (χ3n) is 2.43. The SMILES string of the molecule is CC(CS(C)=O)NC(=O)c1cc(S(N)(=O)=O)c(Br)cc1F. The Hall–Kier alpha value is -0.840. The van der Waals surface area contributed by atoms with Gasteiger partial charge in [-0.2, -0.15) is 0 Å². The smallest absolute Gasteiger partial charge is 0.254 e. The molecule has 0 spiro atoms. The predicted molar refractivity (Wildman–Crippen MR) is 81.3 cm³/mol. The van der Waals surface area contributed by atoms with Gasteiger partial charge in [-0.25, -0.2) is 17.9 Å². The van der Waals surface area contributed by atoms with Crippen LogP contribution in [0.25, 0.3) is 0 Å². The molecule has 0 radical (unpaired) electrons. The molecule has 0 aliphatic carbocycles. The summed E-state index contributed by atoms with van der Waals surface area (Å²) in [5.74, 6) is -1.49. The van der Waals surface area contributed by atoms with Crippen molar-refractivity contribution in [2.45, 2.75) is 17.9 Å². The monoisotopic (exact) mass is 400 g/mol. The minimum absolute atomic E-state index is 0.0678. The first kappa shape index (κ1) is 18.2. The van der Waals surface area contributed by atoms with Gasteiger partial charge in [0.15, 0.2) is 0 Å². The van der Waals surface area contributed by atoms with Crippen LogP contribution in [0.2, 0.25) is 0 Å². The van der Waals surface area contributed by atoms with Crippen LogP contribution >= 0.6 is 15.9 Å². The Bertz CT molecular complexity index is 694. The van der Waals surface area contributed by atoms with Crippen molar-refractivity contribution in [2.24, 2.45) is 5.14 Å². The average molecular weight is 401 g/mol. The average Bonchev–Trinajstić information content (AvgIpc) is 2.24. The Kier molecular flexibility index (Phi) is 6.02. The van der Waals surface area contributed by atoms with Crippen LogP contribution in [-0.4, -0.2) is 36.6 Å². The van der Waals surface area contributed by atoms with Crippen LogP contribution in [0.3, 0.4) is 0 Å². The number of carbonyl (C=O) groups is 1. The first-order valence-corrected chi connectivity index (χ1v) is 9.71. The lowest BCUT2D eigenvalue weighted by atomic mass is 10.2. The van der Waals surface area contributed by atoms with Gasteiger partial charge in [0.2, 0.25) is 10.0 Å². The van der Waals surface area contributed by atoms with Gasteiger partial charge in [-0.1, -0.05) is 0 Å². The molecule has 21 heavy (non-hydrogen) atoms. The summed E-state index contributed by atoms with van der Waals surface area (Å²) in [4.78, 5) is 11.6. The maximum absolute atomic E-state index is 13.8. The van der Waals surface area contributed by atoms with E-state index in [1.165, 1.54) is 6.26 Å². The molecule has 1 aromatic carbocycles. The summed E-state index contributed by atoms with van der Waals surface area (Å²) < 4.78 is 47.5. The lowest BCUT2D eigenvalue weighted by Crippen LogP contribution is -2.36. The van der Waals surface area contributed by atoms with Gasteiger partial charge in [0.05, 0.1) is 10.5 Å². The zero-order valence-electron chi connectivity index (χ0n) is 11.2. The first-order valence-electron chi connectivity index (χ1n) is 5.65. The van der Waals surface area contributed by atoms with Gasteiger partial charge in [0, 0.05) is 33.3 Å². The number of nitrogens with one attached hydrogen (secondary N) is 1. The minimum Gasteiger partial charge on any atom is -0.349 e. The highest BCUT2D eigenvalue weighted by Gasteiger charge is 2.21. The number of hydrogen-bond donors (Lipinski definition) is 2. The Balaban J connectivity index is 3.13. The summed E-state index contributed by atoms with van der Waals surface area (Å²) in [6, 6.07) is 1.26. The number of benzene rings is 1. The topological polar surface area (TPSA) is 106 Å². The second kappa shape index (κ2) is 6.95. The molecule has 2 unspecified atom stereocenters. The highest BCUT2D eigenvalue weighted by atomic mass is 79.9. The number of carbonyl (C=O) groups excluding carboxylic acids is 1. The maximum atomic E-state index is 13.8. The van der Waals surface area contributed by atoms with E-state index in [0.29, 0.717) is 0 Å². The van der Waals surface area contributed by atoms with Crippen LogP contribution in [-0.2, 0) is 20.8 Å². The van der Waals surface area contributed by atoms with Gasteiger partial charge in [0.1, 0.15) is 5.82 Å². The van der Waals surface area contributed by atoms with E-state index in [9.17, 15) is 21.8 Å². The number of amides is 1. The fourth-order valence-electron chi connectivity index (χ4n) is 1.62. The molecular weight excluding hydrogens is 387 g/mol. The van der Waals surface area contributed by atoms with Gasteiger partial charge in [-0.15, -0.1) is 0 Å². The second-order valence-corrected chi connectivity index (χ2v) is 8.29. The lowest BCUT2D eigenvalue weighted by molar-refractivity contribution is 0.0939. The first-order chi connectivity index (χ1) is 9.52. The Morgan fingerprint density at radius 1 is 1.52 bits per heavy atom. The molecule has 1 rings (SSSR count). The Morgan fingerprint density at radius 2 is 2.10 bits per heavy atom. The zero-order chi connectivity index (χ0) is 16.4. The van der Waals surface area contributed by atoms with Crippen molar-refractivity contribution < 1.29 is 21.8 Å². The number of halogens is 2. The van der Waals surface area contributed by atoms with E-state index >= 15 is 0 Å². The van der Waals surface area contributed by atoms with Crippen LogP contribution in [0.5, 0.6) is 0 Å². The number of rotatable bonds is 5. The van der Waals surface area contributed by atoms with Crippen LogP contribution in [0.1, 0.15) is 17.3 Å².